The van der Waals surface area contributed by atoms with Crippen molar-refractivity contribution in [2.45, 2.75) is 39.3 Å². The van der Waals surface area contributed by atoms with Crippen LogP contribution in [0.4, 0.5) is 0 Å². The minimum Gasteiger partial charge on any atom is -0.375 e. The van der Waals surface area contributed by atoms with Crippen LogP contribution in [0.2, 0.25) is 0 Å². The molecule has 3 heteroatoms. The van der Waals surface area contributed by atoms with Crippen molar-refractivity contribution in [2.75, 3.05) is 19.7 Å². The molecule has 3 N–H and O–H groups in total. The molecule has 0 aliphatic carbocycles. The molecule has 78 valence electrons. The lowest BCUT2D eigenvalue weighted by atomic mass is 9.71. The molecule has 0 spiro atoms. The lowest BCUT2D eigenvalue weighted by molar-refractivity contribution is -0.0690. The van der Waals surface area contributed by atoms with Gasteiger partial charge in [-0.3, -0.25) is 0 Å². The number of ether oxygens (including phenoxy) is 1. The molecule has 13 heavy (non-hydrogen) atoms. The maximum atomic E-state index is 6.14. The molecule has 0 aromatic carbocycles. The van der Waals surface area contributed by atoms with E-state index in [0.717, 1.165) is 19.7 Å². The van der Waals surface area contributed by atoms with Crippen molar-refractivity contribution < 1.29 is 4.74 Å². The van der Waals surface area contributed by atoms with E-state index in [2.05, 4.69) is 33.0 Å². The van der Waals surface area contributed by atoms with Crippen molar-refractivity contribution in [1.82, 2.24) is 5.32 Å². The van der Waals surface area contributed by atoms with E-state index in [0.29, 0.717) is 0 Å². The van der Waals surface area contributed by atoms with Crippen molar-refractivity contribution in [3.05, 3.63) is 0 Å². The van der Waals surface area contributed by atoms with Gasteiger partial charge in [-0.25, -0.2) is 0 Å². The molecule has 1 aliphatic rings. The number of nitrogens with two attached hydrogens (primary N) is 1. The standard InChI is InChI=1S/C10H22N2O/c1-9(2,10(3,4)11)8-7-12-5-6-13-8/h8,12H,5-7,11H2,1-4H3. The summed E-state index contributed by atoms with van der Waals surface area (Å²) in [7, 11) is 0. The van der Waals surface area contributed by atoms with Crippen LogP contribution < -0.4 is 11.1 Å². The monoisotopic (exact) mass is 186 g/mol. The molecule has 1 heterocycles. The molecule has 0 radical (unpaired) electrons. The summed E-state index contributed by atoms with van der Waals surface area (Å²) in [5, 5.41) is 3.33. The molecule has 1 unspecified atom stereocenters. The fourth-order valence-corrected chi connectivity index (χ4v) is 1.44. The van der Waals surface area contributed by atoms with E-state index in [1.54, 1.807) is 0 Å². The van der Waals surface area contributed by atoms with Crippen molar-refractivity contribution >= 4 is 0 Å². The van der Waals surface area contributed by atoms with Crippen LogP contribution in [-0.2, 0) is 4.74 Å². The first-order chi connectivity index (χ1) is 5.86. The Morgan fingerprint density at radius 3 is 2.31 bits per heavy atom. The van der Waals surface area contributed by atoms with Gasteiger partial charge in [0.05, 0.1) is 12.7 Å². The second-order valence-electron chi connectivity index (χ2n) is 5.01. The van der Waals surface area contributed by atoms with Crippen molar-refractivity contribution in [3.8, 4) is 0 Å². The molecular weight excluding hydrogens is 164 g/mol. The highest BCUT2D eigenvalue weighted by Crippen LogP contribution is 2.34. The molecular formula is C10H22N2O. The van der Waals surface area contributed by atoms with Gasteiger partial charge in [0.2, 0.25) is 0 Å². The molecule has 0 amide bonds. The number of rotatable bonds is 2. The molecule has 1 atom stereocenters. The average Bonchev–Trinajstić information content (AvgIpc) is 2.04. The first-order valence-corrected chi connectivity index (χ1v) is 4.97. The van der Waals surface area contributed by atoms with Crippen LogP contribution in [0, 0.1) is 5.41 Å². The third-order valence-corrected chi connectivity index (χ3v) is 3.39. The normalized spacial score (nSPS) is 26.1. The third kappa shape index (κ3) is 2.22. The average molecular weight is 186 g/mol. The summed E-state index contributed by atoms with van der Waals surface area (Å²) < 4.78 is 5.73. The highest BCUT2D eigenvalue weighted by Gasteiger charge is 2.41. The Kier molecular flexibility index (Phi) is 3.00. The summed E-state index contributed by atoms with van der Waals surface area (Å²) in [5.41, 5.74) is 5.93. The number of nitrogens with one attached hydrogen (secondary N) is 1. The zero-order chi connectivity index (χ0) is 10.1. The predicted molar refractivity (Wildman–Crippen MR) is 54.7 cm³/mol. The Balaban J connectivity index is 2.67. The summed E-state index contributed by atoms with van der Waals surface area (Å²) in [5.74, 6) is 0. The van der Waals surface area contributed by atoms with Gasteiger partial charge in [0.1, 0.15) is 0 Å². The molecule has 1 fully saturated rings. The smallest absolute Gasteiger partial charge is 0.0768 e. The van der Waals surface area contributed by atoms with Gasteiger partial charge in [0.25, 0.3) is 0 Å². The topological polar surface area (TPSA) is 47.3 Å². The maximum absolute atomic E-state index is 6.14. The molecule has 0 aromatic heterocycles. The van der Waals surface area contributed by atoms with E-state index < -0.39 is 0 Å². The summed E-state index contributed by atoms with van der Waals surface area (Å²) in [4.78, 5) is 0. The molecule has 1 rings (SSSR count). The number of hydrogen-bond acceptors (Lipinski definition) is 3. The number of morpholine rings is 1. The van der Waals surface area contributed by atoms with Crippen LogP contribution in [0.1, 0.15) is 27.7 Å². The van der Waals surface area contributed by atoms with E-state index in [1.807, 2.05) is 0 Å². The summed E-state index contributed by atoms with van der Waals surface area (Å²) in [6, 6.07) is 0. The predicted octanol–water partition coefficient (Wildman–Crippen LogP) is 0.738. The van der Waals surface area contributed by atoms with Crippen LogP contribution in [0.25, 0.3) is 0 Å². The van der Waals surface area contributed by atoms with Gasteiger partial charge in [0.15, 0.2) is 0 Å². The highest BCUT2D eigenvalue weighted by atomic mass is 16.5. The lowest BCUT2D eigenvalue weighted by Crippen LogP contribution is -2.58. The fraction of sp³-hybridized carbons (Fsp3) is 1.00. The summed E-state index contributed by atoms with van der Waals surface area (Å²) in [6.45, 7) is 11.1. The van der Waals surface area contributed by atoms with E-state index >= 15 is 0 Å². The van der Waals surface area contributed by atoms with Gasteiger partial charge >= 0.3 is 0 Å². The van der Waals surface area contributed by atoms with E-state index in [-0.39, 0.29) is 17.1 Å². The molecule has 0 aromatic rings. The van der Waals surface area contributed by atoms with E-state index in [9.17, 15) is 0 Å². The Labute approximate surface area is 81.0 Å². The zero-order valence-corrected chi connectivity index (χ0v) is 9.18. The molecule has 1 aliphatic heterocycles. The van der Waals surface area contributed by atoms with Crippen molar-refractivity contribution in [1.29, 1.82) is 0 Å². The first-order valence-electron chi connectivity index (χ1n) is 4.97. The lowest BCUT2D eigenvalue weighted by Gasteiger charge is -2.45. The fourth-order valence-electron chi connectivity index (χ4n) is 1.44. The Morgan fingerprint density at radius 2 is 1.92 bits per heavy atom. The van der Waals surface area contributed by atoms with Crippen LogP contribution in [0.5, 0.6) is 0 Å². The van der Waals surface area contributed by atoms with Gasteiger partial charge in [-0.15, -0.1) is 0 Å². The zero-order valence-electron chi connectivity index (χ0n) is 9.18. The minimum atomic E-state index is -0.212. The molecule has 1 saturated heterocycles. The maximum Gasteiger partial charge on any atom is 0.0768 e. The van der Waals surface area contributed by atoms with Crippen molar-refractivity contribution in [3.63, 3.8) is 0 Å². The van der Waals surface area contributed by atoms with E-state index in [1.165, 1.54) is 0 Å². The van der Waals surface area contributed by atoms with Gasteiger partial charge < -0.3 is 15.8 Å². The van der Waals surface area contributed by atoms with Gasteiger partial charge in [-0.1, -0.05) is 13.8 Å². The Morgan fingerprint density at radius 1 is 1.31 bits per heavy atom. The van der Waals surface area contributed by atoms with Gasteiger partial charge in [-0.2, -0.15) is 0 Å². The van der Waals surface area contributed by atoms with Crippen LogP contribution >= 0.6 is 0 Å². The Bertz CT molecular complexity index is 166. The second-order valence-corrected chi connectivity index (χ2v) is 5.01. The summed E-state index contributed by atoms with van der Waals surface area (Å²) >= 11 is 0. The van der Waals surface area contributed by atoms with Crippen LogP contribution in [0.15, 0.2) is 0 Å². The van der Waals surface area contributed by atoms with Crippen LogP contribution in [-0.4, -0.2) is 31.3 Å². The summed E-state index contributed by atoms with van der Waals surface area (Å²) in [6.07, 6.45) is 0.223. The van der Waals surface area contributed by atoms with Gasteiger partial charge in [-0.05, 0) is 13.8 Å². The minimum absolute atomic E-state index is 0.000417. The highest BCUT2D eigenvalue weighted by molar-refractivity contribution is 4.97. The first kappa shape index (κ1) is 11.0. The number of hydrogen-bond donors (Lipinski definition) is 2. The third-order valence-electron chi connectivity index (χ3n) is 3.39. The van der Waals surface area contributed by atoms with Crippen LogP contribution in [0.3, 0.4) is 0 Å². The quantitative estimate of drug-likeness (QED) is 0.668. The SMILES string of the molecule is CC(C)(N)C(C)(C)C1CNCCO1. The molecule has 3 nitrogen and oxygen atoms in total. The Hall–Kier alpha value is -0.120. The molecule has 0 saturated carbocycles. The van der Waals surface area contributed by atoms with Gasteiger partial charge in [0, 0.05) is 24.0 Å². The van der Waals surface area contributed by atoms with Crippen molar-refractivity contribution in [2.24, 2.45) is 11.1 Å². The molecule has 0 bridgehead atoms. The second kappa shape index (κ2) is 3.56. The van der Waals surface area contributed by atoms with E-state index in [4.69, 9.17) is 10.5 Å². The largest absolute Gasteiger partial charge is 0.375 e.